The van der Waals surface area contributed by atoms with Gasteiger partial charge in [0.25, 0.3) is 0 Å². The summed E-state index contributed by atoms with van der Waals surface area (Å²) < 4.78 is 0. The Kier molecular flexibility index (Phi) is 4.28. The lowest BCUT2D eigenvalue weighted by Gasteiger charge is -2.26. The molecule has 4 aromatic rings. The first-order valence-corrected chi connectivity index (χ1v) is 11.3. The predicted molar refractivity (Wildman–Crippen MR) is 119 cm³/mol. The van der Waals surface area contributed by atoms with Gasteiger partial charge < -0.3 is 5.32 Å². The molecule has 0 radical (unpaired) electrons. The number of piperidine rings is 1. The van der Waals surface area contributed by atoms with Gasteiger partial charge in [0.2, 0.25) is 0 Å². The number of fused-ring (bicyclic) bond motifs is 3. The number of nitrogens with one attached hydrogen (secondary N) is 2. The highest BCUT2D eigenvalue weighted by molar-refractivity contribution is 7.21. The van der Waals surface area contributed by atoms with Crippen LogP contribution in [0.4, 0.5) is 10.9 Å². The number of anilines is 2. The molecule has 6 rings (SSSR count). The molecule has 2 N–H and O–H groups in total. The van der Waals surface area contributed by atoms with Crippen molar-refractivity contribution in [3.63, 3.8) is 0 Å². The Balaban J connectivity index is 1.21. The van der Waals surface area contributed by atoms with Crippen molar-refractivity contribution in [2.24, 2.45) is 5.92 Å². The Labute approximate surface area is 178 Å². The number of hydrogen-bond donors (Lipinski definition) is 2. The van der Waals surface area contributed by atoms with E-state index in [1.165, 1.54) is 31.4 Å². The molecule has 5 heterocycles. The summed E-state index contributed by atoms with van der Waals surface area (Å²) in [5, 5.41) is 11.2. The maximum atomic E-state index is 4.78. The second kappa shape index (κ2) is 7.14. The first-order valence-electron chi connectivity index (χ1n) is 10.5. The van der Waals surface area contributed by atoms with Gasteiger partial charge in [0, 0.05) is 36.6 Å². The third kappa shape index (κ3) is 3.26. The zero-order chi connectivity index (χ0) is 20.1. The summed E-state index contributed by atoms with van der Waals surface area (Å²) in [5.41, 5.74) is 5.12. The van der Waals surface area contributed by atoms with E-state index in [-0.39, 0.29) is 0 Å². The lowest BCUT2D eigenvalue weighted by molar-refractivity contribution is 0.205. The quantitative estimate of drug-likeness (QED) is 0.497. The molecule has 4 aromatic heterocycles. The summed E-state index contributed by atoms with van der Waals surface area (Å²) in [6, 6.07) is 9.05. The molecule has 1 unspecified atom stereocenters. The molecule has 30 heavy (non-hydrogen) atoms. The highest BCUT2D eigenvalue weighted by atomic mass is 32.1. The largest absolute Gasteiger partial charge is 0.316 e. The molecule has 1 saturated heterocycles. The van der Waals surface area contributed by atoms with Crippen LogP contribution in [0.3, 0.4) is 0 Å². The van der Waals surface area contributed by atoms with Gasteiger partial charge in [-0.3, -0.25) is 10.00 Å². The Morgan fingerprint density at radius 2 is 2.20 bits per heavy atom. The molecule has 2 fully saturated rings. The van der Waals surface area contributed by atoms with E-state index in [0.717, 1.165) is 56.8 Å². The molecule has 0 spiro atoms. The highest BCUT2D eigenvalue weighted by Gasteiger charge is 2.37. The fourth-order valence-electron chi connectivity index (χ4n) is 4.83. The molecule has 7 nitrogen and oxygen atoms in total. The zero-order valence-corrected chi connectivity index (χ0v) is 17.6. The van der Waals surface area contributed by atoms with Crippen LogP contribution in [-0.4, -0.2) is 42.6 Å². The van der Waals surface area contributed by atoms with Gasteiger partial charge in [0.05, 0.1) is 11.9 Å². The number of aryl methyl sites for hydroxylation is 1. The second-order valence-electron chi connectivity index (χ2n) is 8.39. The molecule has 1 saturated carbocycles. The van der Waals surface area contributed by atoms with Crippen LogP contribution in [0, 0.1) is 12.8 Å². The van der Waals surface area contributed by atoms with E-state index < -0.39 is 0 Å². The van der Waals surface area contributed by atoms with Crippen molar-refractivity contribution in [3.05, 3.63) is 47.9 Å². The van der Waals surface area contributed by atoms with Gasteiger partial charge in [-0.25, -0.2) is 15.0 Å². The van der Waals surface area contributed by atoms with Gasteiger partial charge in [-0.1, -0.05) is 11.3 Å². The smallest absolute Gasteiger partial charge is 0.190 e. The minimum atomic E-state index is 0.781. The molecule has 8 heteroatoms. The maximum Gasteiger partial charge on any atom is 0.190 e. The van der Waals surface area contributed by atoms with E-state index in [0.29, 0.717) is 0 Å². The Bertz CT molecular complexity index is 1210. The molecular formula is C22H23N7S. The van der Waals surface area contributed by atoms with Crippen molar-refractivity contribution < 1.29 is 0 Å². The minimum absolute atomic E-state index is 0.781. The monoisotopic (exact) mass is 417 g/mol. The Morgan fingerprint density at radius 1 is 1.23 bits per heavy atom. The molecule has 152 valence electrons. The van der Waals surface area contributed by atoms with Crippen molar-refractivity contribution >= 4 is 32.6 Å². The summed E-state index contributed by atoms with van der Waals surface area (Å²) in [7, 11) is 0. The van der Waals surface area contributed by atoms with Crippen molar-refractivity contribution in [2.75, 3.05) is 11.9 Å². The molecule has 1 aliphatic heterocycles. The van der Waals surface area contributed by atoms with Crippen molar-refractivity contribution in [2.45, 2.75) is 38.8 Å². The fraction of sp³-hybridized carbons (Fsp3) is 0.364. The van der Waals surface area contributed by atoms with Gasteiger partial charge >= 0.3 is 0 Å². The number of hydrogen-bond acceptors (Lipinski definition) is 7. The standard InChI is InChI=1S/C22H23N7S/c1-13-17(10-24-28-13)18-4-5-19-21(25-18)30-22(26-19)27-20-9-15(6-7-23-20)12-29-11-14-2-3-16(29)8-14/h4-7,9-10,14,16H,2-3,8,11-12H2,1H3,(H,24,28)(H,23,26,27)/t14-,16?/m1/s1. The zero-order valence-electron chi connectivity index (χ0n) is 16.8. The Hall–Kier alpha value is -2.84. The van der Waals surface area contributed by atoms with E-state index in [2.05, 4.69) is 42.5 Å². The average molecular weight is 418 g/mol. The third-order valence-electron chi connectivity index (χ3n) is 6.33. The SMILES string of the molecule is Cc1[nH]ncc1-c1ccc2nc(Nc3cc(CN4C[C@@H]5CCC4C5)ccn3)sc2n1. The van der Waals surface area contributed by atoms with Crippen LogP contribution >= 0.6 is 11.3 Å². The number of likely N-dealkylation sites (tertiary alicyclic amines) is 1. The van der Waals surface area contributed by atoms with Crippen LogP contribution < -0.4 is 5.32 Å². The van der Waals surface area contributed by atoms with Crippen molar-refractivity contribution in [1.29, 1.82) is 0 Å². The predicted octanol–water partition coefficient (Wildman–Crippen LogP) is 4.51. The summed E-state index contributed by atoms with van der Waals surface area (Å²) in [6.07, 6.45) is 7.86. The van der Waals surface area contributed by atoms with E-state index >= 15 is 0 Å². The van der Waals surface area contributed by atoms with Crippen LogP contribution in [0.1, 0.15) is 30.5 Å². The van der Waals surface area contributed by atoms with Crippen LogP contribution in [0.5, 0.6) is 0 Å². The van der Waals surface area contributed by atoms with E-state index in [9.17, 15) is 0 Å². The van der Waals surface area contributed by atoms with Gasteiger partial charge in [-0.15, -0.1) is 0 Å². The number of nitrogens with zero attached hydrogens (tertiary/aromatic N) is 5. The molecule has 2 bridgehead atoms. The van der Waals surface area contributed by atoms with Crippen LogP contribution in [0.2, 0.25) is 0 Å². The number of rotatable bonds is 5. The van der Waals surface area contributed by atoms with E-state index in [4.69, 9.17) is 4.98 Å². The lowest BCUT2D eigenvalue weighted by Crippen LogP contribution is -2.31. The third-order valence-corrected chi connectivity index (χ3v) is 7.21. The van der Waals surface area contributed by atoms with Crippen molar-refractivity contribution in [3.8, 4) is 11.3 Å². The normalized spacial score (nSPS) is 21.0. The minimum Gasteiger partial charge on any atom is -0.316 e. The van der Waals surface area contributed by atoms with Gasteiger partial charge in [-0.2, -0.15) is 5.10 Å². The van der Waals surface area contributed by atoms with Crippen molar-refractivity contribution in [1.82, 2.24) is 30.0 Å². The number of H-pyrrole nitrogens is 1. The van der Waals surface area contributed by atoms with Crippen LogP contribution in [0.15, 0.2) is 36.7 Å². The van der Waals surface area contributed by atoms with E-state index in [1.54, 1.807) is 11.3 Å². The fourth-order valence-corrected chi connectivity index (χ4v) is 5.68. The summed E-state index contributed by atoms with van der Waals surface area (Å²) in [4.78, 5) is 17.5. The molecule has 1 aliphatic carbocycles. The van der Waals surface area contributed by atoms with E-state index in [1.807, 2.05) is 31.5 Å². The summed E-state index contributed by atoms with van der Waals surface area (Å²) in [6.45, 7) is 4.25. The number of pyridine rings is 2. The Morgan fingerprint density at radius 3 is 3.00 bits per heavy atom. The molecule has 2 atom stereocenters. The lowest BCUT2D eigenvalue weighted by atomic mass is 10.1. The summed E-state index contributed by atoms with van der Waals surface area (Å²) >= 11 is 1.54. The molecular weight excluding hydrogens is 394 g/mol. The van der Waals surface area contributed by atoms with Gasteiger partial charge in [0.1, 0.15) is 16.2 Å². The molecule has 2 aliphatic rings. The van der Waals surface area contributed by atoms with Crippen LogP contribution in [0.25, 0.3) is 21.6 Å². The number of thiazole rings is 1. The second-order valence-corrected chi connectivity index (χ2v) is 9.36. The molecule has 0 amide bonds. The highest BCUT2D eigenvalue weighted by Crippen LogP contribution is 2.38. The first kappa shape index (κ1) is 18.0. The van der Waals surface area contributed by atoms with Gasteiger partial charge in [-0.05, 0) is 61.9 Å². The molecule has 0 aromatic carbocycles. The number of aromatic nitrogens is 5. The summed E-state index contributed by atoms with van der Waals surface area (Å²) in [5.74, 6) is 1.75. The first-order chi connectivity index (χ1) is 14.7. The average Bonchev–Trinajstić information content (AvgIpc) is 3.51. The van der Waals surface area contributed by atoms with Gasteiger partial charge in [0.15, 0.2) is 5.13 Å². The van der Waals surface area contributed by atoms with Crippen LogP contribution in [-0.2, 0) is 6.54 Å². The topological polar surface area (TPSA) is 82.6 Å². The maximum absolute atomic E-state index is 4.78. The number of aromatic amines is 1.